The second-order valence-electron chi connectivity index (χ2n) is 6.11. The van der Waals surface area contributed by atoms with Crippen molar-refractivity contribution in [2.24, 2.45) is 10.7 Å². The molecule has 1 aromatic heterocycles. The summed E-state index contributed by atoms with van der Waals surface area (Å²) in [6.07, 6.45) is 1.99. The molecule has 0 aliphatic rings. The summed E-state index contributed by atoms with van der Waals surface area (Å²) in [7, 11) is 4.14. The van der Waals surface area contributed by atoms with E-state index in [2.05, 4.69) is 46.8 Å². The van der Waals surface area contributed by atoms with Crippen molar-refractivity contribution >= 4 is 17.3 Å². The lowest BCUT2D eigenvalue weighted by molar-refractivity contribution is 0.281. The summed E-state index contributed by atoms with van der Waals surface area (Å²) in [6.45, 7) is 3.14. The first-order valence-electron chi connectivity index (χ1n) is 8.56. The van der Waals surface area contributed by atoms with Crippen molar-refractivity contribution in [3.8, 4) is 5.75 Å². The van der Waals surface area contributed by atoms with E-state index in [4.69, 9.17) is 10.5 Å². The molecule has 0 saturated carbocycles. The Kier molecular flexibility index (Phi) is 8.28. The summed E-state index contributed by atoms with van der Waals surface area (Å²) < 4.78 is 5.73. The molecule has 0 spiro atoms. The maximum Gasteiger partial charge on any atom is 0.188 e. The molecular formula is C19H28N4OS. The van der Waals surface area contributed by atoms with Crippen LogP contribution in [-0.2, 0) is 13.0 Å². The van der Waals surface area contributed by atoms with Crippen LogP contribution >= 0.6 is 11.3 Å². The first-order valence-corrected chi connectivity index (χ1v) is 9.44. The average molecular weight is 361 g/mol. The van der Waals surface area contributed by atoms with Crippen LogP contribution in [0.5, 0.6) is 5.75 Å². The number of thiophene rings is 1. The van der Waals surface area contributed by atoms with Crippen molar-refractivity contribution in [2.75, 3.05) is 33.8 Å². The summed E-state index contributed by atoms with van der Waals surface area (Å²) in [6, 6.07) is 12.2. The Morgan fingerprint density at radius 1 is 1.24 bits per heavy atom. The quantitative estimate of drug-likeness (QED) is 0.388. The van der Waals surface area contributed by atoms with E-state index in [0.29, 0.717) is 12.5 Å². The number of benzene rings is 1. The molecule has 0 atom stereocenters. The molecule has 0 radical (unpaired) electrons. The number of hydrogen-bond donors (Lipinski definition) is 2. The van der Waals surface area contributed by atoms with E-state index in [0.717, 1.165) is 43.9 Å². The molecule has 0 amide bonds. The summed E-state index contributed by atoms with van der Waals surface area (Å²) in [5.74, 6) is 1.38. The topological polar surface area (TPSA) is 62.9 Å². The Morgan fingerprint density at radius 3 is 2.72 bits per heavy atom. The molecule has 0 unspecified atom stereocenters. The third-order valence-electron chi connectivity index (χ3n) is 3.63. The minimum Gasteiger partial charge on any atom is -0.494 e. The molecule has 1 aromatic carbocycles. The molecule has 2 aromatic rings. The van der Waals surface area contributed by atoms with Gasteiger partial charge in [0.25, 0.3) is 0 Å². The van der Waals surface area contributed by atoms with E-state index in [1.165, 1.54) is 4.88 Å². The van der Waals surface area contributed by atoms with Crippen LogP contribution in [0, 0.1) is 0 Å². The van der Waals surface area contributed by atoms with Gasteiger partial charge in [0, 0.05) is 18.0 Å². The number of guanidine groups is 1. The third kappa shape index (κ3) is 8.05. The Balaban J connectivity index is 1.67. The zero-order chi connectivity index (χ0) is 17.9. The van der Waals surface area contributed by atoms with E-state index in [1.54, 1.807) is 11.3 Å². The fourth-order valence-electron chi connectivity index (χ4n) is 2.26. The van der Waals surface area contributed by atoms with Gasteiger partial charge >= 0.3 is 0 Å². The van der Waals surface area contributed by atoms with Gasteiger partial charge < -0.3 is 20.7 Å². The highest BCUT2D eigenvalue weighted by Gasteiger charge is 1.98. The summed E-state index contributed by atoms with van der Waals surface area (Å²) in [4.78, 5) is 7.88. The Labute approximate surface area is 154 Å². The van der Waals surface area contributed by atoms with E-state index >= 15 is 0 Å². The standard InChI is InChI=1S/C19H28N4OS/c1-23(2)12-4-13-24-17-8-6-16(7-9-17)15-22-19(20)21-11-10-18-5-3-14-25-18/h3,5-9,14H,4,10-13,15H2,1-2H3,(H3,20,21,22). The number of hydrogen-bond acceptors (Lipinski definition) is 4. The van der Waals surface area contributed by atoms with Gasteiger partial charge in [-0.05, 0) is 56.1 Å². The maximum absolute atomic E-state index is 5.91. The van der Waals surface area contributed by atoms with Gasteiger partial charge in [0.1, 0.15) is 5.75 Å². The molecule has 3 N–H and O–H groups in total. The lowest BCUT2D eigenvalue weighted by atomic mass is 10.2. The first kappa shape index (κ1) is 19.3. The van der Waals surface area contributed by atoms with Gasteiger partial charge in [-0.15, -0.1) is 11.3 Å². The van der Waals surface area contributed by atoms with Crippen molar-refractivity contribution in [2.45, 2.75) is 19.4 Å². The smallest absolute Gasteiger partial charge is 0.188 e. The summed E-state index contributed by atoms with van der Waals surface area (Å²) in [5.41, 5.74) is 7.02. The third-order valence-corrected chi connectivity index (χ3v) is 4.57. The molecule has 2 rings (SSSR count). The fourth-order valence-corrected chi connectivity index (χ4v) is 2.97. The van der Waals surface area contributed by atoms with Gasteiger partial charge in [0.05, 0.1) is 13.2 Å². The SMILES string of the molecule is CN(C)CCCOc1ccc(CN=C(N)NCCc2cccs2)cc1. The molecule has 25 heavy (non-hydrogen) atoms. The number of nitrogens with zero attached hydrogens (tertiary/aromatic N) is 2. The van der Waals surface area contributed by atoms with Gasteiger partial charge in [0.15, 0.2) is 5.96 Å². The van der Waals surface area contributed by atoms with Crippen LogP contribution in [0.1, 0.15) is 16.9 Å². The zero-order valence-corrected chi connectivity index (χ0v) is 15.9. The van der Waals surface area contributed by atoms with Gasteiger partial charge in [-0.2, -0.15) is 0 Å². The zero-order valence-electron chi connectivity index (χ0n) is 15.1. The lowest BCUT2D eigenvalue weighted by Crippen LogP contribution is -2.33. The van der Waals surface area contributed by atoms with E-state index < -0.39 is 0 Å². The van der Waals surface area contributed by atoms with Gasteiger partial charge in [-0.1, -0.05) is 18.2 Å². The number of aliphatic imine (C=N–C) groups is 1. The van der Waals surface area contributed by atoms with Crippen LogP contribution in [0.3, 0.4) is 0 Å². The number of nitrogens with one attached hydrogen (secondary N) is 1. The van der Waals surface area contributed by atoms with Crippen LogP contribution in [0.15, 0.2) is 46.8 Å². The molecule has 0 bridgehead atoms. The molecule has 0 aliphatic heterocycles. The van der Waals surface area contributed by atoms with Crippen molar-refractivity contribution in [3.05, 3.63) is 52.2 Å². The van der Waals surface area contributed by atoms with E-state index in [9.17, 15) is 0 Å². The molecule has 1 heterocycles. The van der Waals surface area contributed by atoms with Gasteiger partial charge in [0.2, 0.25) is 0 Å². The Hall–Kier alpha value is -2.05. The van der Waals surface area contributed by atoms with Gasteiger partial charge in [-0.3, -0.25) is 0 Å². The van der Waals surface area contributed by atoms with Crippen LogP contribution in [-0.4, -0.2) is 44.7 Å². The molecule has 5 nitrogen and oxygen atoms in total. The number of ether oxygens (including phenoxy) is 1. The fraction of sp³-hybridized carbons (Fsp3) is 0.421. The largest absolute Gasteiger partial charge is 0.494 e. The summed E-state index contributed by atoms with van der Waals surface area (Å²) >= 11 is 1.76. The van der Waals surface area contributed by atoms with Crippen LogP contribution < -0.4 is 15.8 Å². The van der Waals surface area contributed by atoms with Gasteiger partial charge in [-0.25, -0.2) is 4.99 Å². The highest BCUT2D eigenvalue weighted by Crippen LogP contribution is 2.13. The molecule has 0 saturated heterocycles. The number of rotatable bonds is 10. The van der Waals surface area contributed by atoms with Crippen molar-refractivity contribution in [1.29, 1.82) is 0 Å². The van der Waals surface area contributed by atoms with Crippen LogP contribution in [0.4, 0.5) is 0 Å². The molecule has 6 heteroatoms. The summed E-state index contributed by atoms with van der Waals surface area (Å²) in [5, 5.41) is 5.24. The maximum atomic E-state index is 5.91. The van der Waals surface area contributed by atoms with Crippen LogP contribution in [0.2, 0.25) is 0 Å². The average Bonchev–Trinajstić information content (AvgIpc) is 3.11. The normalized spacial score (nSPS) is 11.7. The highest BCUT2D eigenvalue weighted by atomic mass is 32.1. The predicted octanol–water partition coefficient (Wildman–Crippen LogP) is 2.73. The molecular weight excluding hydrogens is 332 g/mol. The van der Waals surface area contributed by atoms with Crippen molar-refractivity contribution in [3.63, 3.8) is 0 Å². The minimum atomic E-state index is 0.487. The first-order chi connectivity index (χ1) is 12.1. The second-order valence-corrected chi connectivity index (χ2v) is 7.14. The highest BCUT2D eigenvalue weighted by molar-refractivity contribution is 7.09. The lowest BCUT2D eigenvalue weighted by Gasteiger charge is -2.10. The monoisotopic (exact) mass is 360 g/mol. The molecule has 136 valence electrons. The Bertz CT molecular complexity index is 623. The van der Waals surface area contributed by atoms with E-state index in [-0.39, 0.29) is 0 Å². The Morgan fingerprint density at radius 2 is 2.04 bits per heavy atom. The van der Waals surface area contributed by atoms with Crippen LogP contribution in [0.25, 0.3) is 0 Å². The van der Waals surface area contributed by atoms with E-state index in [1.807, 2.05) is 24.3 Å². The van der Waals surface area contributed by atoms with Crippen molar-refractivity contribution < 1.29 is 4.74 Å². The predicted molar refractivity (Wildman–Crippen MR) is 106 cm³/mol. The molecule has 0 fully saturated rings. The minimum absolute atomic E-state index is 0.487. The second kappa shape index (κ2) is 10.7. The molecule has 0 aliphatic carbocycles. The van der Waals surface area contributed by atoms with Crippen molar-refractivity contribution in [1.82, 2.24) is 10.2 Å². The number of nitrogens with two attached hydrogens (primary N) is 1.